The van der Waals surface area contributed by atoms with Gasteiger partial charge in [0, 0.05) is 0 Å². The van der Waals surface area contributed by atoms with Crippen LogP contribution in [0.2, 0.25) is 0 Å². The van der Waals surface area contributed by atoms with Gasteiger partial charge < -0.3 is 26.0 Å². The molecule has 0 fully saturated rings. The van der Waals surface area contributed by atoms with E-state index in [0.717, 1.165) is 0 Å². The summed E-state index contributed by atoms with van der Waals surface area (Å²) in [7, 11) is 0. The van der Waals surface area contributed by atoms with Gasteiger partial charge in [0.15, 0.2) is 11.5 Å². The molecule has 7 nitrogen and oxygen atoms in total. The van der Waals surface area contributed by atoms with E-state index in [4.69, 9.17) is 5.73 Å². The molecule has 0 saturated heterocycles. The van der Waals surface area contributed by atoms with Crippen molar-refractivity contribution in [3.05, 3.63) is 23.8 Å². The van der Waals surface area contributed by atoms with Gasteiger partial charge in [-0.3, -0.25) is 4.79 Å². The van der Waals surface area contributed by atoms with Crippen LogP contribution in [0.5, 0.6) is 11.5 Å². The first-order chi connectivity index (χ1) is 8.02. The number of primary amides is 1. The summed E-state index contributed by atoms with van der Waals surface area (Å²) in [6, 6.07) is 4.02. The van der Waals surface area contributed by atoms with Gasteiger partial charge in [-0.2, -0.15) is 0 Å². The Bertz CT molecular complexity index is 433. The number of hydrogen-bond donors (Lipinski definition) is 4. The third kappa shape index (κ3) is 3.56. The van der Waals surface area contributed by atoms with Gasteiger partial charge in [0.2, 0.25) is 0 Å². The molecule has 0 heterocycles. The molecule has 0 atom stereocenters. The Morgan fingerprint density at radius 2 is 2.06 bits per heavy atom. The molecule has 5 N–H and O–H groups in total. The number of phenols is 2. The zero-order valence-corrected chi connectivity index (χ0v) is 8.84. The third-order valence-corrected chi connectivity index (χ3v) is 1.89. The predicted molar refractivity (Wildman–Crippen MR) is 57.6 cm³/mol. The van der Waals surface area contributed by atoms with Crippen molar-refractivity contribution in [2.75, 3.05) is 13.2 Å². The number of rotatable bonds is 4. The van der Waals surface area contributed by atoms with Crippen molar-refractivity contribution in [1.82, 2.24) is 5.32 Å². The molecule has 17 heavy (non-hydrogen) atoms. The van der Waals surface area contributed by atoms with Gasteiger partial charge >= 0.3 is 6.09 Å². The number of carbonyl (C=O) groups excluding carboxylic acids is 2. The number of nitrogens with two attached hydrogens (primary N) is 1. The van der Waals surface area contributed by atoms with Crippen LogP contribution in [0.1, 0.15) is 10.4 Å². The summed E-state index contributed by atoms with van der Waals surface area (Å²) < 4.78 is 4.39. The molecule has 7 heteroatoms. The summed E-state index contributed by atoms with van der Waals surface area (Å²) in [4.78, 5) is 21.7. The zero-order valence-electron chi connectivity index (χ0n) is 8.84. The van der Waals surface area contributed by atoms with E-state index in [9.17, 15) is 19.8 Å². The number of amides is 2. The Kier molecular flexibility index (Phi) is 4.15. The van der Waals surface area contributed by atoms with Crippen LogP contribution in [-0.4, -0.2) is 35.4 Å². The first-order valence-corrected chi connectivity index (χ1v) is 4.73. The van der Waals surface area contributed by atoms with Crippen LogP contribution >= 0.6 is 0 Å². The van der Waals surface area contributed by atoms with Gasteiger partial charge in [-0.05, 0) is 12.1 Å². The highest BCUT2D eigenvalue weighted by Crippen LogP contribution is 2.27. The van der Waals surface area contributed by atoms with Crippen LogP contribution in [0, 0.1) is 0 Å². The maximum absolute atomic E-state index is 11.5. The van der Waals surface area contributed by atoms with Crippen LogP contribution in [0.3, 0.4) is 0 Å². The minimum absolute atomic E-state index is 0.0524. The van der Waals surface area contributed by atoms with Gasteiger partial charge in [-0.1, -0.05) is 6.07 Å². The van der Waals surface area contributed by atoms with Crippen molar-refractivity contribution in [1.29, 1.82) is 0 Å². The summed E-state index contributed by atoms with van der Waals surface area (Å²) in [5.41, 5.74) is 4.65. The number of benzene rings is 1. The number of ether oxygens (including phenoxy) is 1. The molecule has 0 aliphatic heterocycles. The molecular weight excluding hydrogens is 228 g/mol. The second kappa shape index (κ2) is 5.59. The number of phenolic OH excluding ortho intramolecular Hbond substituents is 2. The Hall–Kier alpha value is -2.44. The Morgan fingerprint density at radius 3 is 2.71 bits per heavy atom. The highest BCUT2D eigenvalue weighted by Gasteiger charge is 2.13. The molecule has 0 aliphatic rings. The molecule has 2 amide bonds. The van der Waals surface area contributed by atoms with E-state index < -0.39 is 17.7 Å². The van der Waals surface area contributed by atoms with Crippen LogP contribution in [0.15, 0.2) is 18.2 Å². The van der Waals surface area contributed by atoms with Crippen molar-refractivity contribution >= 4 is 12.0 Å². The van der Waals surface area contributed by atoms with E-state index in [1.165, 1.54) is 18.2 Å². The number of para-hydroxylation sites is 1. The Labute approximate surface area is 96.8 Å². The molecule has 0 spiro atoms. The lowest BCUT2D eigenvalue weighted by atomic mass is 10.1. The van der Waals surface area contributed by atoms with Crippen LogP contribution in [0.25, 0.3) is 0 Å². The molecule has 0 aliphatic carbocycles. The fourth-order valence-corrected chi connectivity index (χ4v) is 1.13. The molecule has 0 radical (unpaired) electrons. The summed E-state index contributed by atoms with van der Waals surface area (Å²) in [5, 5.41) is 21.0. The Balaban J connectivity index is 2.53. The van der Waals surface area contributed by atoms with Gasteiger partial charge in [-0.15, -0.1) is 0 Å². The van der Waals surface area contributed by atoms with Crippen LogP contribution < -0.4 is 11.1 Å². The SMILES string of the molecule is NC(=O)OCCNC(=O)c1cccc(O)c1O. The molecule has 92 valence electrons. The predicted octanol–water partition coefficient (Wildman–Crippen LogP) is -0.0771. The first-order valence-electron chi connectivity index (χ1n) is 4.73. The lowest BCUT2D eigenvalue weighted by molar-refractivity contribution is 0.0933. The van der Waals surface area contributed by atoms with E-state index in [-0.39, 0.29) is 24.5 Å². The third-order valence-electron chi connectivity index (χ3n) is 1.89. The van der Waals surface area contributed by atoms with Crippen LogP contribution in [-0.2, 0) is 4.74 Å². The Morgan fingerprint density at radius 1 is 1.35 bits per heavy atom. The smallest absolute Gasteiger partial charge is 0.404 e. The van der Waals surface area contributed by atoms with Gasteiger partial charge in [0.05, 0.1) is 12.1 Å². The van der Waals surface area contributed by atoms with Gasteiger partial charge in [-0.25, -0.2) is 4.79 Å². The van der Waals surface area contributed by atoms with E-state index in [1.54, 1.807) is 0 Å². The minimum atomic E-state index is -0.931. The normalized spacial score (nSPS) is 9.65. The topological polar surface area (TPSA) is 122 Å². The van der Waals surface area contributed by atoms with Crippen molar-refractivity contribution in [3.8, 4) is 11.5 Å². The monoisotopic (exact) mass is 240 g/mol. The molecule has 0 saturated carbocycles. The van der Waals surface area contributed by atoms with E-state index >= 15 is 0 Å². The molecule has 0 bridgehead atoms. The van der Waals surface area contributed by atoms with E-state index in [0.29, 0.717) is 0 Å². The maximum atomic E-state index is 11.5. The molecule has 1 rings (SSSR count). The highest BCUT2D eigenvalue weighted by atomic mass is 16.5. The fourth-order valence-electron chi connectivity index (χ4n) is 1.13. The average molecular weight is 240 g/mol. The number of aromatic hydroxyl groups is 2. The molecule has 1 aromatic carbocycles. The quantitative estimate of drug-likeness (QED) is 0.433. The van der Waals surface area contributed by atoms with Crippen molar-refractivity contribution in [2.45, 2.75) is 0 Å². The number of hydrogen-bond acceptors (Lipinski definition) is 5. The first kappa shape index (κ1) is 12.6. The highest BCUT2D eigenvalue weighted by molar-refractivity contribution is 5.97. The van der Waals surface area contributed by atoms with E-state index in [2.05, 4.69) is 10.1 Å². The number of nitrogens with one attached hydrogen (secondary N) is 1. The lowest BCUT2D eigenvalue weighted by Crippen LogP contribution is -2.29. The van der Waals surface area contributed by atoms with Crippen molar-refractivity contribution in [2.24, 2.45) is 5.73 Å². The standard InChI is InChI=1S/C10H12N2O5/c11-10(16)17-5-4-12-9(15)6-2-1-3-7(13)8(6)14/h1-3,13-14H,4-5H2,(H2,11,16)(H,12,15). The lowest BCUT2D eigenvalue weighted by Gasteiger charge is -2.07. The molecule has 0 aromatic heterocycles. The van der Waals surface area contributed by atoms with Crippen molar-refractivity contribution in [3.63, 3.8) is 0 Å². The molecule has 1 aromatic rings. The number of carbonyl (C=O) groups is 2. The summed E-state index contributed by atoms with van der Waals surface area (Å²) in [6.07, 6.45) is -0.931. The van der Waals surface area contributed by atoms with E-state index in [1.807, 2.05) is 0 Å². The van der Waals surface area contributed by atoms with Crippen molar-refractivity contribution < 1.29 is 24.5 Å². The molecular formula is C10H12N2O5. The average Bonchev–Trinajstić information content (AvgIpc) is 2.27. The van der Waals surface area contributed by atoms with Crippen LogP contribution in [0.4, 0.5) is 4.79 Å². The minimum Gasteiger partial charge on any atom is -0.504 e. The largest absolute Gasteiger partial charge is 0.504 e. The second-order valence-corrected chi connectivity index (χ2v) is 3.10. The summed E-state index contributed by atoms with van der Waals surface area (Å²) in [5.74, 6) is -1.47. The zero-order chi connectivity index (χ0) is 12.8. The maximum Gasteiger partial charge on any atom is 0.404 e. The fraction of sp³-hybridized carbons (Fsp3) is 0.200. The second-order valence-electron chi connectivity index (χ2n) is 3.10. The van der Waals surface area contributed by atoms with Gasteiger partial charge in [0.1, 0.15) is 6.61 Å². The van der Waals surface area contributed by atoms with Gasteiger partial charge in [0.25, 0.3) is 5.91 Å². The molecule has 0 unspecified atom stereocenters. The summed E-state index contributed by atoms with van der Waals surface area (Å²) >= 11 is 0. The summed E-state index contributed by atoms with van der Waals surface area (Å²) in [6.45, 7) is -0.0163.